The first-order valence-corrected chi connectivity index (χ1v) is 9.18. The highest BCUT2D eigenvalue weighted by Crippen LogP contribution is 2.25. The molecule has 8 heteroatoms. The van der Waals surface area contributed by atoms with E-state index >= 15 is 0 Å². The number of hydrogen-bond donors (Lipinski definition) is 2. The number of aromatic nitrogens is 3. The molecule has 2 aromatic rings. The number of hydrogen-bond acceptors (Lipinski definition) is 4. The van der Waals surface area contributed by atoms with Gasteiger partial charge in [-0.25, -0.2) is 0 Å². The second-order valence-corrected chi connectivity index (χ2v) is 6.26. The predicted octanol–water partition coefficient (Wildman–Crippen LogP) is 2.83. The molecule has 2 rings (SSSR count). The van der Waals surface area contributed by atoms with E-state index in [1.54, 1.807) is 13.4 Å². The van der Waals surface area contributed by atoms with Gasteiger partial charge in [0, 0.05) is 26.6 Å². The Morgan fingerprint density at radius 2 is 1.96 bits per heavy atom. The van der Waals surface area contributed by atoms with E-state index in [0.717, 1.165) is 37.0 Å². The third-order valence-corrected chi connectivity index (χ3v) is 4.07. The van der Waals surface area contributed by atoms with Crippen LogP contribution in [0.5, 0.6) is 5.75 Å². The fourth-order valence-electron chi connectivity index (χ4n) is 2.67. The monoisotopic (exact) mass is 486 g/mol. The average molecular weight is 486 g/mol. The van der Waals surface area contributed by atoms with Crippen molar-refractivity contribution in [3.63, 3.8) is 0 Å². The van der Waals surface area contributed by atoms with Gasteiger partial charge in [0.15, 0.2) is 5.96 Å². The van der Waals surface area contributed by atoms with Crippen LogP contribution in [0.3, 0.4) is 0 Å². The molecule has 0 saturated carbocycles. The van der Waals surface area contributed by atoms with E-state index in [-0.39, 0.29) is 24.0 Å². The fourth-order valence-corrected chi connectivity index (χ4v) is 2.67. The van der Waals surface area contributed by atoms with Gasteiger partial charge in [-0.1, -0.05) is 39.0 Å². The molecule has 1 aromatic carbocycles. The third-order valence-electron chi connectivity index (χ3n) is 4.07. The smallest absolute Gasteiger partial charge is 0.191 e. The van der Waals surface area contributed by atoms with Gasteiger partial charge in [-0.3, -0.25) is 4.99 Å². The Labute approximate surface area is 179 Å². The SMILES string of the molecule is CCc1nncn1CCNC(=NC)NCCOc1ccccc1C(C)C.I. The third kappa shape index (κ3) is 7.36. The topological polar surface area (TPSA) is 76.4 Å². The zero-order chi connectivity index (χ0) is 18.8. The van der Waals surface area contributed by atoms with Crippen LogP contribution in [-0.2, 0) is 13.0 Å². The van der Waals surface area contributed by atoms with E-state index < -0.39 is 0 Å². The Morgan fingerprint density at radius 1 is 1.22 bits per heavy atom. The number of aryl methyl sites for hydroxylation is 1. The van der Waals surface area contributed by atoms with Crippen LogP contribution in [0.2, 0.25) is 0 Å². The van der Waals surface area contributed by atoms with E-state index in [9.17, 15) is 0 Å². The summed E-state index contributed by atoms with van der Waals surface area (Å²) in [6.07, 6.45) is 2.64. The summed E-state index contributed by atoms with van der Waals surface area (Å²) in [6.45, 7) is 9.23. The van der Waals surface area contributed by atoms with Crippen LogP contribution in [0.25, 0.3) is 0 Å². The number of guanidine groups is 1. The first kappa shape index (κ1) is 23.2. The lowest BCUT2D eigenvalue weighted by Gasteiger charge is -2.15. The number of halogens is 1. The lowest BCUT2D eigenvalue weighted by atomic mass is 10.0. The van der Waals surface area contributed by atoms with Crippen molar-refractivity contribution in [1.29, 1.82) is 0 Å². The van der Waals surface area contributed by atoms with Crippen molar-refractivity contribution >= 4 is 29.9 Å². The summed E-state index contributed by atoms with van der Waals surface area (Å²) < 4.78 is 7.97. The summed E-state index contributed by atoms with van der Waals surface area (Å²) in [5.41, 5.74) is 1.23. The Bertz CT molecular complexity index is 701. The number of benzene rings is 1. The van der Waals surface area contributed by atoms with Gasteiger partial charge in [-0.15, -0.1) is 34.2 Å². The van der Waals surface area contributed by atoms with Crippen molar-refractivity contribution in [3.8, 4) is 5.75 Å². The van der Waals surface area contributed by atoms with E-state index in [0.29, 0.717) is 19.1 Å². The Hall–Kier alpha value is -1.84. The molecule has 0 spiro atoms. The van der Waals surface area contributed by atoms with Gasteiger partial charge < -0.3 is 19.9 Å². The van der Waals surface area contributed by atoms with Crippen LogP contribution in [0, 0.1) is 0 Å². The molecule has 0 aliphatic carbocycles. The number of para-hydroxylation sites is 1. The second kappa shape index (κ2) is 12.5. The number of rotatable bonds is 9. The minimum atomic E-state index is 0. The quantitative estimate of drug-likeness (QED) is 0.247. The van der Waals surface area contributed by atoms with Gasteiger partial charge in [0.25, 0.3) is 0 Å². The zero-order valence-electron chi connectivity index (χ0n) is 16.6. The summed E-state index contributed by atoms with van der Waals surface area (Å²) in [5, 5.41) is 14.6. The van der Waals surface area contributed by atoms with Gasteiger partial charge in [0.05, 0.1) is 6.54 Å². The van der Waals surface area contributed by atoms with Crippen molar-refractivity contribution in [1.82, 2.24) is 25.4 Å². The summed E-state index contributed by atoms with van der Waals surface area (Å²) in [7, 11) is 1.76. The molecular weight excluding hydrogens is 455 g/mol. The normalized spacial score (nSPS) is 11.2. The van der Waals surface area contributed by atoms with Crippen LogP contribution >= 0.6 is 24.0 Å². The molecule has 150 valence electrons. The molecule has 0 radical (unpaired) electrons. The average Bonchev–Trinajstić information content (AvgIpc) is 3.11. The summed E-state index contributed by atoms with van der Waals surface area (Å²) >= 11 is 0. The maximum absolute atomic E-state index is 5.92. The highest BCUT2D eigenvalue weighted by molar-refractivity contribution is 14.0. The van der Waals surface area contributed by atoms with E-state index in [1.165, 1.54) is 5.56 Å². The maximum Gasteiger partial charge on any atom is 0.191 e. The number of nitrogens with one attached hydrogen (secondary N) is 2. The summed E-state index contributed by atoms with van der Waals surface area (Å²) in [4.78, 5) is 4.24. The van der Waals surface area contributed by atoms with Crippen LogP contribution < -0.4 is 15.4 Å². The Kier molecular flexibility index (Phi) is 10.8. The molecular formula is C19H31IN6O. The Balaban J connectivity index is 0.00000364. The van der Waals surface area contributed by atoms with Gasteiger partial charge >= 0.3 is 0 Å². The molecule has 0 aliphatic heterocycles. The standard InChI is InChI=1S/C19H30N6O.HI/c1-5-18-24-23-14-25(18)12-10-21-19(20-4)22-11-13-26-17-9-7-6-8-16(17)15(2)3;/h6-9,14-15H,5,10-13H2,1-4H3,(H2,20,21,22);1H. The highest BCUT2D eigenvalue weighted by atomic mass is 127. The van der Waals surface area contributed by atoms with Gasteiger partial charge in [-0.2, -0.15) is 0 Å². The number of nitrogens with zero attached hydrogens (tertiary/aromatic N) is 4. The summed E-state index contributed by atoms with van der Waals surface area (Å²) in [5.74, 6) is 3.15. The molecule has 0 fully saturated rings. The van der Waals surface area contributed by atoms with Crippen LogP contribution in [0.15, 0.2) is 35.6 Å². The van der Waals surface area contributed by atoms with Gasteiger partial charge in [0.1, 0.15) is 24.5 Å². The number of aliphatic imine (C=N–C) groups is 1. The zero-order valence-corrected chi connectivity index (χ0v) is 18.9. The second-order valence-electron chi connectivity index (χ2n) is 6.26. The molecule has 0 saturated heterocycles. The number of ether oxygens (including phenoxy) is 1. The molecule has 0 aliphatic rings. The summed E-state index contributed by atoms with van der Waals surface area (Å²) in [6, 6.07) is 8.19. The van der Waals surface area contributed by atoms with Crippen molar-refractivity contribution in [3.05, 3.63) is 42.0 Å². The molecule has 7 nitrogen and oxygen atoms in total. The maximum atomic E-state index is 5.92. The molecule has 0 atom stereocenters. The van der Waals surface area contributed by atoms with Crippen molar-refractivity contribution in [2.24, 2.45) is 4.99 Å². The molecule has 0 amide bonds. The van der Waals surface area contributed by atoms with Crippen molar-refractivity contribution in [2.45, 2.75) is 39.7 Å². The van der Waals surface area contributed by atoms with Crippen molar-refractivity contribution in [2.75, 3.05) is 26.7 Å². The van der Waals surface area contributed by atoms with E-state index in [2.05, 4.69) is 52.7 Å². The minimum absolute atomic E-state index is 0. The first-order chi connectivity index (χ1) is 12.7. The lowest BCUT2D eigenvalue weighted by molar-refractivity contribution is 0.317. The highest BCUT2D eigenvalue weighted by Gasteiger charge is 2.07. The fraction of sp³-hybridized carbons (Fsp3) is 0.526. The van der Waals surface area contributed by atoms with Gasteiger partial charge in [-0.05, 0) is 17.5 Å². The molecule has 1 aromatic heterocycles. The van der Waals surface area contributed by atoms with Gasteiger partial charge in [0.2, 0.25) is 0 Å². The predicted molar refractivity (Wildman–Crippen MR) is 120 cm³/mol. The molecule has 2 N–H and O–H groups in total. The van der Waals surface area contributed by atoms with Crippen LogP contribution in [0.1, 0.15) is 38.1 Å². The van der Waals surface area contributed by atoms with Crippen LogP contribution in [0.4, 0.5) is 0 Å². The largest absolute Gasteiger partial charge is 0.491 e. The first-order valence-electron chi connectivity index (χ1n) is 9.18. The molecule has 27 heavy (non-hydrogen) atoms. The Morgan fingerprint density at radius 3 is 2.67 bits per heavy atom. The van der Waals surface area contributed by atoms with Crippen molar-refractivity contribution < 1.29 is 4.74 Å². The molecule has 0 unspecified atom stereocenters. The van der Waals surface area contributed by atoms with E-state index in [1.807, 2.05) is 22.8 Å². The lowest BCUT2D eigenvalue weighted by Crippen LogP contribution is -2.40. The molecule has 1 heterocycles. The molecule has 0 bridgehead atoms. The van der Waals surface area contributed by atoms with E-state index in [4.69, 9.17) is 4.74 Å². The minimum Gasteiger partial charge on any atom is -0.491 e. The van der Waals surface area contributed by atoms with Crippen LogP contribution in [-0.4, -0.2) is 47.5 Å².